The molecular weight excluding hydrogens is 386 g/mol. The molecule has 0 spiro atoms. The first-order chi connectivity index (χ1) is 14.5. The number of ether oxygens (including phenoxy) is 1. The molecule has 2 amide bonds. The topological polar surface area (TPSA) is 116 Å². The number of nitrogens with two attached hydrogens (primary N) is 1. The molecule has 1 aliphatic heterocycles. The molecule has 1 aliphatic rings. The molecule has 0 radical (unpaired) electrons. The zero-order valence-corrected chi connectivity index (χ0v) is 16.9. The summed E-state index contributed by atoms with van der Waals surface area (Å²) >= 11 is 0. The number of aryl methyl sites for hydroxylation is 1. The van der Waals surface area contributed by atoms with Crippen LogP contribution in [-0.4, -0.2) is 51.6 Å². The highest BCUT2D eigenvalue weighted by molar-refractivity contribution is 5.94. The molecular formula is C21H23N5O4. The summed E-state index contributed by atoms with van der Waals surface area (Å²) in [5.74, 6) is 0.439. The number of primary amides is 1. The van der Waals surface area contributed by atoms with Crippen LogP contribution < -0.4 is 5.73 Å². The molecule has 0 aliphatic carbocycles. The van der Waals surface area contributed by atoms with Crippen LogP contribution in [0.15, 0.2) is 34.9 Å². The third-order valence-corrected chi connectivity index (χ3v) is 5.31. The normalized spacial score (nSPS) is 13.7. The number of hydrogen-bond acceptors (Lipinski definition) is 6. The predicted molar refractivity (Wildman–Crippen MR) is 108 cm³/mol. The van der Waals surface area contributed by atoms with Crippen molar-refractivity contribution in [1.82, 2.24) is 19.6 Å². The average Bonchev–Trinajstić information content (AvgIpc) is 3.21. The summed E-state index contributed by atoms with van der Waals surface area (Å²) in [5.41, 5.74) is 8.38. The van der Waals surface area contributed by atoms with Gasteiger partial charge >= 0.3 is 0 Å². The van der Waals surface area contributed by atoms with Gasteiger partial charge in [0.15, 0.2) is 5.69 Å². The molecule has 2 aromatic heterocycles. The molecule has 4 rings (SSSR count). The Morgan fingerprint density at radius 3 is 2.63 bits per heavy atom. The summed E-state index contributed by atoms with van der Waals surface area (Å²) in [6, 6.07) is 9.62. The third kappa shape index (κ3) is 3.48. The van der Waals surface area contributed by atoms with Gasteiger partial charge < -0.3 is 24.5 Å². The lowest BCUT2D eigenvalue weighted by atomic mass is 10.1. The number of imidazole rings is 1. The second-order valence-corrected chi connectivity index (χ2v) is 7.15. The van der Waals surface area contributed by atoms with Gasteiger partial charge in [0.25, 0.3) is 11.8 Å². The number of carbonyl (C=O) groups excluding carboxylic acids is 2. The quantitative estimate of drug-likeness (QED) is 0.687. The molecule has 0 bridgehead atoms. The first-order valence-corrected chi connectivity index (χ1v) is 9.69. The largest absolute Gasteiger partial charge is 0.380 e. The van der Waals surface area contributed by atoms with Crippen molar-refractivity contribution in [2.45, 2.75) is 26.5 Å². The van der Waals surface area contributed by atoms with Gasteiger partial charge in [0.05, 0.1) is 17.9 Å². The fourth-order valence-electron chi connectivity index (χ4n) is 3.79. The molecule has 2 N–H and O–H groups in total. The molecule has 0 unspecified atom stereocenters. The van der Waals surface area contributed by atoms with E-state index in [2.05, 4.69) is 10.1 Å². The minimum Gasteiger partial charge on any atom is -0.380 e. The lowest BCUT2D eigenvalue weighted by molar-refractivity contribution is 0.0744. The van der Waals surface area contributed by atoms with Crippen LogP contribution >= 0.6 is 0 Å². The van der Waals surface area contributed by atoms with Crippen LogP contribution in [0.4, 0.5) is 0 Å². The summed E-state index contributed by atoms with van der Waals surface area (Å²) in [4.78, 5) is 31.4. The van der Waals surface area contributed by atoms with Crippen LogP contribution in [0.3, 0.4) is 0 Å². The Labute approximate surface area is 173 Å². The Morgan fingerprint density at radius 2 is 1.93 bits per heavy atom. The number of rotatable bonds is 5. The van der Waals surface area contributed by atoms with Gasteiger partial charge in [-0.25, -0.2) is 4.98 Å². The van der Waals surface area contributed by atoms with Crippen molar-refractivity contribution in [3.05, 3.63) is 58.7 Å². The molecule has 9 heteroatoms. The Hall–Kier alpha value is -3.46. The van der Waals surface area contributed by atoms with Crippen molar-refractivity contribution in [3.63, 3.8) is 0 Å². The predicted octanol–water partition coefficient (Wildman–Crippen LogP) is 1.79. The lowest BCUT2D eigenvalue weighted by Crippen LogP contribution is -2.34. The number of benzene rings is 1. The highest BCUT2D eigenvalue weighted by atomic mass is 16.5. The molecule has 30 heavy (non-hydrogen) atoms. The highest BCUT2D eigenvalue weighted by Crippen LogP contribution is 2.26. The van der Waals surface area contributed by atoms with Crippen LogP contribution in [-0.2, 0) is 24.3 Å². The van der Waals surface area contributed by atoms with Crippen LogP contribution in [0.1, 0.15) is 38.0 Å². The number of aromatic nitrogens is 3. The van der Waals surface area contributed by atoms with Crippen molar-refractivity contribution in [2.24, 2.45) is 5.73 Å². The number of fused-ring (bicyclic) bond motifs is 1. The Morgan fingerprint density at radius 1 is 1.17 bits per heavy atom. The second-order valence-electron chi connectivity index (χ2n) is 7.15. The van der Waals surface area contributed by atoms with Gasteiger partial charge in [0.2, 0.25) is 0 Å². The van der Waals surface area contributed by atoms with Crippen molar-refractivity contribution in [2.75, 3.05) is 20.2 Å². The molecule has 0 atom stereocenters. The summed E-state index contributed by atoms with van der Waals surface area (Å²) < 4.78 is 12.4. The first kappa shape index (κ1) is 19.8. The molecule has 1 aromatic carbocycles. The minimum absolute atomic E-state index is 0.223. The molecule has 3 aromatic rings. The van der Waals surface area contributed by atoms with Crippen molar-refractivity contribution < 1.29 is 18.8 Å². The standard InChI is InChI=1S/C21H23N5O4/c1-13-15(12-29-2)17(24-30-13)21(28)25-9-8-16-18(19(22)27)23-20(26(16)11-10-25)14-6-4-3-5-7-14/h3-7H,8-12H2,1-2H3,(H2,22,27). The number of nitrogens with zero attached hydrogens (tertiary/aromatic N) is 4. The van der Waals surface area contributed by atoms with Crippen molar-refractivity contribution in [1.29, 1.82) is 0 Å². The number of hydrogen-bond donors (Lipinski definition) is 1. The van der Waals surface area contributed by atoms with Gasteiger partial charge in [-0.1, -0.05) is 35.5 Å². The van der Waals surface area contributed by atoms with Crippen LogP contribution in [0.5, 0.6) is 0 Å². The van der Waals surface area contributed by atoms with E-state index in [-0.39, 0.29) is 23.9 Å². The van der Waals surface area contributed by atoms with Gasteiger partial charge in [-0.15, -0.1) is 0 Å². The summed E-state index contributed by atoms with van der Waals surface area (Å²) in [7, 11) is 1.56. The fourth-order valence-corrected chi connectivity index (χ4v) is 3.79. The van der Waals surface area contributed by atoms with E-state index in [1.54, 1.807) is 18.9 Å². The Bertz CT molecular complexity index is 1090. The lowest BCUT2D eigenvalue weighted by Gasteiger charge is -2.19. The van der Waals surface area contributed by atoms with E-state index in [0.29, 0.717) is 43.2 Å². The van der Waals surface area contributed by atoms with E-state index >= 15 is 0 Å². The van der Waals surface area contributed by atoms with E-state index in [0.717, 1.165) is 11.3 Å². The maximum Gasteiger partial charge on any atom is 0.276 e. The molecule has 0 fully saturated rings. The zero-order valence-electron chi connectivity index (χ0n) is 16.9. The minimum atomic E-state index is -0.574. The van der Waals surface area contributed by atoms with Gasteiger partial charge in [-0.2, -0.15) is 0 Å². The highest BCUT2D eigenvalue weighted by Gasteiger charge is 2.29. The molecule has 9 nitrogen and oxygen atoms in total. The number of amides is 2. The first-order valence-electron chi connectivity index (χ1n) is 9.69. The van der Waals surface area contributed by atoms with Crippen molar-refractivity contribution in [3.8, 4) is 11.4 Å². The molecule has 156 valence electrons. The monoisotopic (exact) mass is 409 g/mol. The van der Waals surface area contributed by atoms with Crippen LogP contribution in [0.25, 0.3) is 11.4 Å². The van der Waals surface area contributed by atoms with Gasteiger partial charge in [-0.05, 0) is 6.92 Å². The smallest absolute Gasteiger partial charge is 0.276 e. The number of methoxy groups -OCH3 is 1. The maximum atomic E-state index is 13.1. The fraction of sp³-hybridized carbons (Fsp3) is 0.333. The van der Waals surface area contributed by atoms with Gasteiger partial charge in [0, 0.05) is 38.7 Å². The molecule has 0 saturated carbocycles. The summed E-state index contributed by atoms with van der Waals surface area (Å²) in [5, 5.41) is 3.95. The van der Waals surface area contributed by atoms with Crippen LogP contribution in [0, 0.1) is 6.92 Å². The second kappa shape index (κ2) is 8.11. The molecule has 0 saturated heterocycles. The van der Waals surface area contributed by atoms with Gasteiger partial charge in [-0.3, -0.25) is 9.59 Å². The molecule has 3 heterocycles. The maximum absolute atomic E-state index is 13.1. The zero-order chi connectivity index (χ0) is 21.3. The summed E-state index contributed by atoms with van der Waals surface area (Å²) in [6.45, 7) is 3.35. The SMILES string of the molecule is COCc1c(C(=O)N2CCc3c(C(N)=O)nc(-c4ccccc4)n3CC2)noc1C. The van der Waals surface area contributed by atoms with Gasteiger partial charge in [0.1, 0.15) is 17.3 Å². The van der Waals surface area contributed by atoms with E-state index in [9.17, 15) is 9.59 Å². The Kier molecular flexibility index (Phi) is 5.37. The van der Waals surface area contributed by atoms with E-state index < -0.39 is 5.91 Å². The summed E-state index contributed by atoms with van der Waals surface area (Å²) in [6.07, 6.45) is 0.459. The van der Waals surface area contributed by atoms with E-state index in [1.807, 2.05) is 34.9 Å². The van der Waals surface area contributed by atoms with E-state index in [1.165, 1.54) is 0 Å². The van der Waals surface area contributed by atoms with E-state index in [4.69, 9.17) is 15.0 Å². The Balaban J connectivity index is 1.65. The van der Waals surface area contributed by atoms with Crippen molar-refractivity contribution >= 4 is 11.8 Å². The third-order valence-electron chi connectivity index (χ3n) is 5.31. The number of carbonyl (C=O) groups is 2. The van der Waals surface area contributed by atoms with Crippen LogP contribution in [0.2, 0.25) is 0 Å². The average molecular weight is 409 g/mol.